The van der Waals surface area contributed by atoms with Crippen LogP contribution in [0.15, 0.2) is 60.8 Å². The van der Waals surface area contributed by atoms with Crippen LogP contribution in [0.2, 0.25) is 0 Å². The van der Waals surface area contributed by atoms with Crippen LogP contribution in [0, 0.1) is 0 Å². The van der Waals surface area contributed by atoms with Crippen molar-refractivity contribution in [1.82, 2.24) is 4.57 Å². The summed E-state index contributed by atoms with van der Waals surface area (Å²) in [5, 5.41) is 3.97. The number of benzene rings is 2. The van der Waals surface area contributed by atoms with Gasteiger partial charge in [-0.3, -0.25) is 4.57 Å². The van der Waals surface area contributed by atoms with Gasteiger partial charge in [0.1, 0.15) is 0 Å². The number of aryl methyl sites for hydroxylation is 1. The molecule has 3 heteroatoms. The highest BCUT2D eigenvalue weighted by Crippen LogP contribution is 2.16. The van der Waals surface area contributed by atoms with Crippen LogP contribution in [0.1, 0.15) is 12.5 Å². The number of hydrogen-bond donors (Lipinski definition) is 1. The summed E-state index contributed by atoms with van der Waals surface area (Å²) in [5.74, 6) is 0. The summed E-state index contributed by atoms with van der Waals surface area (Å²) in [6.45, 7) is 2.11. The fourth-order valence-corrected chi connectivity index (χ4v) is 2.27. The highest BCUT2D eigenvalue weighted by atomic mass is 16.2. The molecule has 1 heterocycles. The highest BCUT2D eigenvalue weighted by molar-refractivity contribution is 5.98. The van der Waals surface area contributed by atoms with Crippen molar-refractivity contribution in [2.45, 2.75) is 13.3 Å². The Morgan fingerprint density at radius 2 is 1.80 bits per heavy atom. The molecule has 0 saturated carbocycles. The number of carbonyl (C=O) groups excluding carboxylic acids is 1. The Bertz CT molecular complexity index is 741. The van der Waals surface area contributed by atoms with Crippen molar-refractivity contribution in [3.05, 3.63) is 66.4 Å². The van der Waals surface area contributed by atoms with Crippen LogP contribution in [0.25, 0.3) is 10.9 Å². The van der Waals surface area contributed by atoms with Gasteiger partial charge in [-0.2, -0.15) is 0 Å². The van der Waals surface area contributed by atoms with Gasteiger partial charge in [-0.25, -0.2) is 4.79 Å². The minimum absolute atomic E-state index is 0.143. The molecule has 0 radical (unpaired) electrons. The molecule has 0 spiro atoms. The van der Waals surface area contributed by atoms with Crippen LogP contribution in [0.5, 0.6) is 0 Å². The van der Waals surface area contributed by atoms with Crippen molar-refractivity contribution in [2.24, 2.45) is 0 Å². The smallest absolute Gasteiger partial charge is 0.307 e. The molecule has 3 aromatic rings. The predicted molar refractivity (Wildman–Crippen MR) is 82.2 cm³/mol. The molecule has 3 rings (SSSR count). The average Bonchev–Trinajstić information content (AvgIpc) is 2.92. The van der Waals surface area contributed by atoms with Crippen LogP contribution in [0.3, 0.4) is 0 Å². The number of rotatable bonds is 2. The lowest BCUT2D eigenvalue weighted by atomic mass is 10.1. The average molecular weight is 264 g/mol. The quantitative estimate of drug-likeness (QED) is 0.736. The third kappa shape index (κ3) is 2.30. The maximum absolute atomic E-state index is 12.3. The van der Waals surface area contributed by atoms with Gasteiger partial charge in [-0.1, -0.05) is 37.3 Å². The second-order valence-electron chi connectivity index (χ2n) is 4.73. The monoisotopic (exact) mass is 264 g/mol. The zero-order chi connectivity index (χ0) is 13.9. The van der Waals surface area contributed by atoms with Crippen LogP contribution >= 0.6 is 0 Å². The molecule has 1 aromatic heterocycles. The van der Waals surface area contributed by atoms with Crippen LogP contribution in [-0.4, -0.2) is 10.6 Å². The highest BCUT2D eigenvalue weighted by Gasteiger charge is 2.08. The van der Waals surface area contributed by atoms with Crippen molar-refractivity contribution in [2.75, 3.05) is 5.32 Å². The first kappa shape index (κ1) is 12.5. The second kappa shape index (κ2) is 5.21. The van der Waals surface area contributed by atoms with Gasteiger partial charge in [0.2, 0.25) is 0 Å². The molecule has 0 atom stereocenters. The molecule has 0 bridgehead atoms. The van der Waals surface area contributed by atoms with E-state index >= 15 is 0 Å². The van der Waals surface area contributed by atoms with Gasteiger partial charge in [-0.05, 0) is 36.2 Å². The number of carbonyl (C=O) groups is 1. The van der Waals surface area contributed by atoms with Crippen molar-refractivity contribution in [3.63, 3.8) is 0 Å². The molecule has 0 aliphatic rings. The third-order valence-electron chi connectivity index (χ3n) is 3.43. The predicted octanol–water partition coefficient (Wildman–Crippen LogP) is 4.28. The van der Waals surface area contributed by atoms with Gasteiger partial charge in [-0.15, -0.1) is 0 Å². The summed E-state index contributed by atoms with van der Waals surface area (Å²) >= 11 is 0. The Balaban J connectivity index is 1.85. The van der Waals surface area contributed by atoms with Gasteiger partial charge in [0.25, 0.3) is 0 Å². The zero-order valence-corrected chi connectivity index (χ0v) is 11.3. The minimum Gasteiger partial charge on any atom is -0.307 e. The fraction of sp³-hybridized carbons (Fsp3) is 0.118. The van der Waals surface area contributed by atoms with E-state index in [9.17, 15) is 4.79 Å². The van der Waals surface area contributed by atoms with E-state index in [1.807, 2.05) is 54.6 Å². The lowest BCUT2D eigenvalue weighted by molar-refractivity contribution is 0.254. The van der Waals surface area contributed by atoms with Crippen molar-refractivity contribution >= 4 is 22.6 Å². The Hall–Kier alpha value is -2.55. The topological polar surface area (TPSA) is 34.0 Å². The number of anilines is 1. The Morgan fingerprint density at radius 3 is 2.55 bits per heavy atom. The van der Waals surface area contributed by atoms with Gasteiger partial charge in [0.15, 0.2) is 0 Å². The molecule has 1 amide bonds. The summed E-state index contributed by atoms with van der Waals surface area (Å²) < 4.78 is 1.63. The molecule has 0 aliphatic carbocycles. The van der Waals surface area contributed by atoms with Gasteiger partial charge >= 0.3 is 6.03 Å². The first-order chi connectivity index (χ1) is 9.78. The molecule has 100 valence electrons. The number of para-hydroxylation sites is 1. The number of fused-ring (bicyclic) bond motifs is 1. The van der Waals surface area contributed by atoms with E-state index in [1.165, 1.54) is 5.56 Å². The minimum atomic E-state index is -0.143. The van der Waals surface area contributed by atoms with Crippen LogP contribution in [-0.2, 0) is 6.42 Å². The standard InChI is InChI=1S/C17H16N2O/c1-2-13-7-9-15(10-8-13)18-17(20)19-12-11-14-5-3-4-6-16(14)19/h3-12H,2H2,1H3,(H,18,20). The number of amides is 1. The summed E-state index contributed by atoms with van der Waals surface area (Å²) in [7, 11) is 0. The van der Waals surface area contributed by atoms with Crippen molar-refractivity contribution in [1.29, 1.82) is 0 Å². The van der Waals surface area contributed by atoms with E-state index in [0.29, 0.717) is 0 Å². The van der Waals surface area contributed by atoms with Crippen molar-refractivity contribution in [3.8, 4) is 0 Å². The molecule has 20 heavy (non-hydrogen) atoms. The largest absolute Gasteiger partial charge is 0.330 e. The molecular formula is C17H16N2O. The molecule has 0 fully saturated rings. The number of nitrogens with zero attached hydrogens (tertiary/aromatic N) is 1. The van der Waals surface area contributed by atoms with Gasteiger partial charge in [0, 0.05) is 17.3 Å². The maximum Gasteiger partial charge on any atom is 0.330 e. The number of nitrogens with one attached hydrogen (secondary N) is 1. The maximum atomic E-state index is 12.3. The molecule has 0 saturated heterocycles. The molecular weight excluding hydrogens is 248 g/mol. The summed E-state index contributed by atoms with van der Waals surface area (Å²) in [6.07, 6.45) is 2.79. The third-order valence-corrected chi connectivity index (χ3v) is 3.43. The lowest BCUT2D eigenvalue weighted by Gasteiger charge is -2.07. The van der Waals surface area contributed by atoms with Crippen LogP contribution < -0.4 is 5.32 Å². The molecule has 2 aromatic carbocycles. The summed E-state index contributed by atoms with van der Waals surface area (Å²) in [4.78, 5) is 12.3. The van der Waals surface area contributed by atoms with E-state index in [1.54, 1.807) is 10.8 Å². The SMILES string of the molecule is CCc1ccc(NC(=O)n2ccc3ccccc32)cc1. The second-order valence-corrected chi connectivity index (χ2v) is 4.73. The number of hydrogen-bond acceptors (Lipinski definition) is 1. The normalized spacial score (nSPS) is 10.7. The lowest BCUT2D eigenvalue weighted by Crippen LogP contribution is -2.18. The van der Waals surface area contributed by atoms with Crippen molar-refractivity contribution < 1.29 is 4.79 Å². The molecule has 0 aliphatic heterocycles. The summed E-state index contributed by atoms with van der Waals surface area (Å²) in [6, 6.07) is 17.6. The first-order valence-electron chi connectivity index (χ1n) is 6.74. The van der Waals surface area contributed by atoms with Gasteiger partial charge in [0.05, 0.1) is 5.52 Å². The zero-order valence-electron chi connectivity index (χ0n) is 11.3. The van der Waals surface area contributed by atoms with E-state index in [0.717, 1.165) is 23.0 Å². The first-order valence-corrected chi connectivity index (χ1v) is 6.74. The molecule has 0 unspecified atom stereocenters. The molecule has 3 nitrogen and oxygen atoms in total. The Kier molecular flexibility index (Phi) is 3.25. The van der Waals surface area contributed by atoms with Gasteiger partial charge < -0.3 is 5.32 Å². The Morgan fingerprint density at radius 1 is 1.05 bits per heavy atom. The van der Waals surface area contributed by atoms with E-state index in [4.69, 9.17) is 0 Å². The number of aromatic nitrogens is 1. The van der Waals surface area contributed by atoms with E-state index in [2.05, 4.69) is 12.2 Å². The molecule has 1 N–H and O–H groups in total. The van der Waals surface area contributed by atoms with E-state index < -0.39 is 0 Å². The fourth-order valence-electron chi connectivity index (χ4n) is 2.27. The van der Waals surface area contributed by atoms with E-state index in [-0.39, 0.29) is 6.03 Å². The van der Waals surface area contributed by atoms with Crippen LogP contribution in [0.4, 0.5) is 10.5 Å². The summed E-state index contributed by atoms with van der Waals surface area (Å²) in [5.41, 5.74) is 2.98. The Labute approximate surface area is 117 Å².